The molecule has 90 valence electrons. The maximum atomic E-state index is 9.44. The number of aromatic amines is 1. The summed E-state index contributed by atoms with van der Waals surface area (Å²) in [4.78, 5) is 11.7. The minimum Gasteiger partial charge on any atom is -0.506 e. The maximum absolute atomic E-state index is 9.44. The van der Waals surface area contributed by atoms with Gasteiger partial charge in [0.25, 0.3) is 0 Å². The van der Waals surface area contributed by atoms with Crippen LogP contribution in [-0.4, -0.2) is 20.1 Å². The van der Waals surface area contributed by atoms with Crippen LogP contribution in [0.5, 0.6) is 5.75 Å². The van der Waals surface area contributed by atoms with Crippen LogP contribution in [0.2, 0.25) is 0 Å². The molecular formula is C13H10BrN3O. The number of nitrogens with zero attached hydrogens (tertiary/aromatic N) is 2. The van der Waals surface area contributed by atoms with Crippen molar-refractivity contribution in [1.82, 2.24) is 15.0 Å². The Morgan fingerprint density at radius 3 is 2.83 bits per heavy atom. The number of halogens is 1. The van der Waals surface area contributed by atoms with E-state index < -0.39 is 0 Å². The zero-order valence-corrected chi connectivity index (χ0v) is 11.2. The highest BCUT2D eigenvalue weighted by Crippen LogP contribution is 2.26. The van der Waals surface area contributed by atoms with Crippen molar-refractivity contribution in [3.8, 4) is 17.1 Å². The highest BCUT2D eigenvalue weighted by molar-refractivity contribution is 9.10. The number of aromatic hydroxyl groups is 1. The lowest BCUT2D eigenvalue weighted by Gasteiger charge is -1.95. The summed E-state index contributed by atoms with van der Waals surface area (Å²) in [7, 11) is 0. The number of fused-ring (bicyclic) bond motifs is 1. The molecule has 18 heavy (non-hydrogen) atoms. The van der Waals surface area contributed by atoms with Crippen molar-refractivity contribution in [1.29, 1.82) is 0 Å². The molecule has 3 rings (SSSR count). The summed E-state index contributed by atoms with van der Waals surface area (Å²) >= 11 is 3.46. The Morgan fingerprint density at radius 2 is 2.06 bits per heavy atom. The van der Waals surface area contributed by atoms with Gasteiger partial charge in [-0.05, 0) is 30.7 Å². The van der Waals surface area contributed by atoms with Crippen LogP contribution in [0.25, 0.3) is 22.4 Å². The molecule has 0 aliphatic carbocycles. The van der Waals surface area contributed by atoms with E-state index in [1.54, 1.807) is 12.3 Å². The number of rotatable bonds is 1. The lowest BCUT2D eigenvalue weighted by molar-refractivity contribution is 0.473. The van der Waals surface area contributed by atoms with E-state index in [2.05, 4.69) is 30.9 Å². The Labute approximate surface area is 112 Å². The third-order valence-electron chi connectivity index (χ3n) is 2.74. The van der Waals surface area contributed by atoms with Gasteiger partial charge in [0, 0.05) is 16.2 Å². The SMILES string of the molecule is Cc1cc(Br)cc2[nH]c(-c3cncc(O)c3)nc12. The fourth-order valence-corrected chi connectivity index (χ4v) is 2.51. The second-order valence-electron chi connectivity index (χ2n) is 4.14. The van der Waals surface area contributed by atoms with Crippen LogP contribution in [0.15, 0.2) is 35.1 Å². The molecule has 0 bridgehead atoms. The minimum atomic E-state index is 0.130. The molecule has 0 radical (unpaired) electrons. The third kappa shape index (κ3) is 1.86. The highest BCUT2D eigenvalue weighted by Gasteiger charge is 2.09. The number of nitrogens with one attached hydrogen (secondary N) is 1. The first-order valence-corrected chi connectivity index (χ1v) is 6.23. The summed E-state index contributed by atoms with van der Waals surface area (Å²) in [6.07, 6.45) is 3.07. The Balaban J connectivity index is 2.22. The van der Waals surface area contributed by atoms with Crippen LogP contribution < -0.4 is 0 Å². The molecule has 2 heterocycles. The second kappa shape index (κ2) is 4.10. The fraction of sp³-hybridized carbons (Fsp3) is 0.0769. The summed E-state index contributed by atoms with van der Waals surface area (Å²) in [6, 6.07) is 5.64. The van der Waals surface area contributed by atoms with Gasteiger partial charge in [-0.3, -0.25) is 4.98 Å². The first kappa shape index (κ1) is 11.2. The number of aryl methyl sites for hydroxylation is 1. The lowest BCUT2D eigenvalue weighted by Crippen LogP contribution is -1.81. The van der Waals surface area contributed by atoms with Gasteiger partial charge in [0.05, 0.1) is 17.2 Å². The zero-order valence-electron chi connectivity index (χ0n) is 9.61. The number of H-pyrrole nitrogens is 1. The van der Waals surface area contributed by atoms with E-state index in [1.807, 2.05) is 19.1 Å². The number of hydrogen-bond donors (Lipinski definition) is 2. The average molecular weight is 304 g/mol. The molecule has 0 saturated carbocycles. The van der Waals surface area contributed by atoms with Crippen LogP contribution in [0.1, 0.15) is 5.56 Å². The number of imidazole rings is 1. The van der Waals surface area contributed by atoms with Crippen molar-refractivity contribution in [3.63, 3.8) is 0 Å². The Morgan fingerprint density at radius 1 is 1.22 bits per heavy atom. The van der Waals surface area contributed by atoms with E-state index in [-0.39, 0.29) is 5.75 Å². The molecule has 0 aliphatic heterocycles. The first-order chi connectivity index (χ1) is 8.63. The van der Waals surface area contributed by atoms with E-state index >= 15 is 0 Å². The predicted octanol–water partition coefficient (Wildman–Crippen LogP) is 3.40. The van der Waals surface area contributed by atoms with Gasteiger partial charge in [-0.15, -0.1) is 0 Å². The van der Waals surface area contributed by atoms with Crippen LogP contribution in [0.4, 0.5) is 0 Å². The standard InChI is InChI=1S/C13H10BrN3O/c1-7-2-9(14)4-11-12(7)17-13(16-11)8-3-10(18)6-15-5-8/h2-6,18H,1H3,(H,16,17). The summed E-state index contributed by atoms with van der Waals surface area (Å²) in [5.41, 5.74) is 3.74. The average Bonchev–Trinajstić information content (AvgIpc) is 2.73. The van der Waals surface area contributed by atoms with E-state index in [1.165, 1.54) is 6.20 Å². The van der Waals surface area contributed by atoms with Gasteiger partial charge in [-0.1, -0.05) is 15.9 Å². The monoisotopic (exact) mass is 303 g/mol. The Bertz CT molecular complexity index is 736. The first-order valence-electron chi connectivity index (χ1n) is 5.44. The molecule has 4 nitrogen and oxygen atoms in total. The topological polar surface area (TPSA) is 61.8 Å². The minimum absolute atomic E-state index is 0.130. The summed E-state index contributed by atoms with van der Waals surface area (Å²) in [5.74, 6) is 0.834. The van der Waals surface area contributed by atoms with Crippen LogP contribution in [0, 0.1) is 6.92 Å². The molecule has 2 aromatic heterocycles. The number of benzene rings is 1. The molecule has 0 amide bonds. The Hall–Kier alpha value is -1.88. The van der Waals surface area contributed by atoms with E-state index in [0.717, 1.165) is 26.6 Å². The quantitative estimate of drug-likeness (QED) is 0.724. The predicted molar refractivity (Wildman–Crippen MR) is 73.4 cm³/mol. The normalized spacial score (nSPS) is 11.0. The molecule has 2 N–H and O–H groups in total. The van der Waals surface area contributed by atoms with Gasteiger partial charge >= 0.3 is 0 Å². The van der Waals surface area contributed by atoms with Crippen molar-refractivity contribution in [2.45, 2.75) is 6.92 Å². The summed E-state index contributed by atoms with van der Waals surface area (Å²) in [5, 5.41) is 9.44. The molecule has 1 aromatic carbocycles. The molecule has 0 saturated heterocycles. The molecule has 0 spiro atoms. The smallest absolute Gasteiger partial charge is 0.140 e. The number of pyridine rings is 1. The molecule has 0 fully saturated rings. The van der Waals surface area contributed by atoms with Crippen molar-refractivity contribution < 1.29 is 5.11 Å². The van der Waals surface area contributed by atoms with Gasteiger partial charge in [-0.2, -0.15) is 0 Å². The molecule has 3 aromatic rings. The highest BCUT2D eigenvalue weighted by atomic mass is 79.9. The van der Waals surface area contributed by atoms with E-state index in [4.69, 9.17) is 0 Å². The second-order valence-corrected chi connectivity index (χ2v) is 5.05. The summed E-state index contributed by atoms with van der Waals surface area (Å²) < 4.78 is 1.01. The van der Waals surface area contributed by atoms with Gasteiger partial charge in [0.1, 0.15) is 11.6 Å². The van der Waals surface area contributed by atoms with Gasteiger partial charge in [-0.25, -0.2) is 4.98 Å². The van der Waals surface area contributed by atoms with Crippen molar-refractivity contribution >= 4 is 27.0 Å². The lowest BCUT2D eigenvalue weighted by atomic mass is 10.2. The zero-order chi connectivity index (χ0) is 12.7. The van der Waals surface area contributed by atoms with Gasteiger partial charge in [0.2, 0.25) is 0 Å². The van der Waals surface area contributed by atoms with Gasteiger partial charge < -0.3 is 10.1 Å². The largest absolute Gasteiger partial charge is 0.506 e. The summed E-state index contributed by atoms with van der Waals surface area (Å²) in [6.45, 7) is 2.01. The molecule has 0 atom stereocenters. The molecule has 0 aliphatic rings. The van der Waals surface area contributed by atoms with Crippen LogP contribution in [0.3, 0.4) is 0 Å². The third-order valence-corrected chi connectivity index (χ3v) is 3.20. The van der Waals surface area contributed by atoms with E-state index in [9.17, 15) is 5.11 Å². The van der Waals surface area contributed by atoms with Crippen molar-refractivity contribution in [3.05, 3.63) is 40.6 Å². The molecular weight excluding hydrogens is 294 g/mol. The van der Waals surface area contributed by atoms with E-state index in [0.29, 0.717) is 5.82 Å². The number of aromatic nitrogens is 3. The number of hydrogen-bond acceptors (Lipinski definition) is 3. The molecule has 5 heteroatoms. The van der Waals surface area contributed by atoms with Crippen LogP contribution in [-0.2, 0) is 0 Å². The van der Waals surface area contributed by atoms with Gasteiger partial charge in [0.15, 0.2) is 0 Å². The van der Waals surface area contributed by atoms with Crippen molar-refractivity contribution in [2.24, 2.45) is 0 Å². The Kier molecular flexibility index (Phi) is 2.56. The van der Waals surface area contributed by atoms with Crippen molar-refractivity contribution in [2.75, 3.05) is 0 Å². The fourth-order valence-electron chi connectivity index (χ4n) is 1.94. The van der Waals surface area contributed by atoms with Crippen LogP contribution >= 0.6 is 15.9 Å². The maximum Gasteiger partial charge on any atom is 0.140 e. The molecule has 0 unspecified atom stereocenters.